The normalized spacial score (nSPS) is 24.3. The van der Waals surface area contributed by atoms with Gasteiger partial charge in [-0.15, -0.1) is 0 Å². The summed E-state index contributed by atoms with van der Waals surface area (Å²) in [5.74, 6) is -0.563. The van der Waals surface area contributed by atoms with Crippen LogP contribution in [0.5, 0.6) is 0 Å². The molecule has 2 rings (SSSR count). The molecule has 6 heteroatoms. The Morgan fingerprint density at radius 3 is 2.67 bits per heavy atom. The van der Waals surface area contributed by atoms with Crippen LogP contribution in [0.4, 0.5) is 17.6 Å². The molecule has 1 saturated heterocycles. The first kappa shape index (κ1) is 16.2. The third-order valence-corrected chi connectivity index (χ3v) is 4.17. The number of alkyl halides is 3. The molecule has 21 heavy (non-hydrogen) atoms. The number of benzene rings is 1. The third-order valence-electron chi connectivity index (χ3n) is 4.17. The highest BCUT2D eigenvalue weighted by molar-refractivity contribution is 5.30. The zero-order valence-corrected chi connectivity index (χ0v) is 12.0. The van der Waals surface area contributed by atoms with Crippen molar-refractivity contribution in [1.82, 2.24) is 4.90 Å². The fourth-order valence-electron chi connectivity index (χ4n) is 2.89. The summed E-state index contributed by atoms with van der Waals surface area (Å²) in [6, 6.07) is 3.00. The van der Waals surface area contributed by atoms with Gasteiger partial charge in [-0.2, -0.15) is 13.2 Å². The fourth-order valence-corrected chi connectivity index (χ4v) is 2.89. The van der Waals surface area contributed by atoms with Crippen molar-refractivity contribution in [2.45, 2.75) is 38.5 Å². The van der Waals surface area contributed by atoms with Gasteiger partial charge in [-0.25, -0.2) is 4.39 Å². The molecular weight excluding hydrogens is 284 g/mol. The van der Waals surface area contributed by atoms with E-state index in [1.54, 1.807) is 0 Å². The minimum Gasteiger partial charge on any atom is -0.327 e. The molecule has 1 aromatic rings. The Kier molecular flexibility index (Phi) is 4.88. The molecule has 0 bridgehead atoms. The predicted octanol–water partition coefficient (Wildman–Crippen LogP) is 3.40. The van der Waals surface area contributed by atoms with Crippen molar-refractivity contribution in [1.29, 1.82) is 0 Å². The Bertz CT molecular complexity index is 487. The van der Waals surface area contributed by atoms with Crippen molar-refractivity contribution in [3.8, 4) is 0 Å². The van der Waals surface area contributed by atoms with E-state index in [2.05, 4.69) is 0 Å². The van der Waals surface area contributed by atoms with Gasteiger partial charge in [0.15, 0.2) is 0 Å². The first-order valence-corrected chi connectivity index (χ1v) is 7.14. The van der Waals surface area contributed by atoms with Crippen molar-refractivity contribution in [3.05, 3.63) is 35.1 Å². The third kappa shape index (κ3) is 3.95. The molecular formula is C15H20F4N2. The van der Waals surface area contributed by atoms with E-state index in [-0.39, 0.29) is 18.2 Å². The number of hydrogen-bond acceptors (Lipinski definition) is 2. The molecule has 2 nitrogen and oxygen atoms in total. The van der Waals surface area contributed by atoms with Crippen molar-refractivity contribution in [3.63, 3.8) is 0 Å². The van der Waals surface area contributed by atoms with Gasteiger partial charge in [0.2, 0.25) is 0 Å². The fraction of sp³-hybridized carbons (Fsp3) is 0.600. The zero-order chi connectivity index (χ0) is 15.6. The average molecular weight is 304 g/mol. The number of nitrogens with zero attached hydrogens (tertiary/aromatic N) is 1. The van der Waals surface area contributed by atoms with Gasteiger partial charge in [0, 0.05) is 19.1 Å². The van der Waals surface area contributed by atoms with Gasteiger partial charge in [-0.1, -0.05) is 19.4 Å². The molecule has 1 aliphatic rings. The predicted molar refractivity (Wildman–Crippen MR) is 73.1 cm³/mol. The quantitative estimate of drug-likeness (QED) is 0.867. The van der Waals surface area contributed by atoms with Crippen LogP contribution in [0.15, 0.2) is 18.2 Å². The van der Waals surface area contributed by atoms with Crippen molar-refractivity contribution in [2.75, 3.05) is 13.1 Å². The standard InChI is InChI=1S/C15H20F4N2/c1-2-10-8-21(6-5-14(10)20)9-11-3-4-12(16)7-13(11)15(17,18)19/h3-4,7,10,14H,2,5-6,8-9,20H2,1H3. The van der Waals surface area contributed by atoms with Crippen LogP contribution in [0.1, 0.15) is 30.9 Å². The second-order valence-corrected chi connectivity index (χ2v) is 5.66. The minimum absolute atomic E-state index is 0.113. The van der Waals surface area contributed by atoms with E-state index in [0.29, 0.717) is 25.1 Å². The highest BCUT2D eigenvalue weighted by atomic mass is 19.4. The van der Waals surface area contributed by atoms with Gasteiger partial charge in [-0.3, -0.25) is 4.90 Å². The second-order valence-electron chi connectivity index (χ2n) is 5.66. The van der Waals surface area contributed by atoms with E-state index in [9.17, 15) is 17.6 Å². The van der Waals surface area contributed by atoms with E-state index in [0.717, 1.165) is 18.9 Å². The summed E-state index contributed by atoms with van der Waals surface area (Å²) in [6.07, 6.45) is -2.85. The molecule has 0 amide bonds. The molecule has 0 aromatic heterocycles. The van der Waals surface area contributed by atoms with E-state index < -0.39 is 17.6 Å². The van der Waals surface area contributed by atoms with Crippen LogP contribution in [0, 0.1) is 11.7 Å². The number of likely N-dealkylation sites (tertiary alicyclic amines) is 1. The Hall–Kier alpha value is -1.14. The van der Waals surface area contributed by atoms with Crippen molar-refractivity contribution in [2.24, 2.45) is 11.7 Å². The van der Waals surface area contributed by atoms with Gasteiger partial charge in [-0.05, 0) is 36.6 Å². The van der Waals surface area contributed by atoms with Crippen molar-refractivity contribution < 1.29 is 17.6 Å². The summed E-state index contributed by atoms with van der Waals surface area (Å²) < 4.78 is 52.0. The molecule has 0 radical (unpaired) electrons. The maximum Gasteiger partial charge on any atom is 0.416 e. The van der Waals surface area contributed by atoms with Crippen LogP contribution >= 0.6 is 0 Å². The monoisotopic (exact) mass is 304 g/mol. The lowest BCUT2D eigenvalue weighted by atomic mass is 9.90. The molecule has 0 saturated carbocycles. The number of piperidine rings is 1. The summed E-state index contributed by atoms with van der Waals surface area (Å²) >= 11 is 0. The summed E-state index contributed by atoms with van der Waals surface area (Å²) in [6.45, 7) is 3.57. The highest BCUT2D eigenvalue weighted by Crippen LogP contribution is 2.33. The maximum atomic E-state index is 13.1. The lowest BCUT2D eigenvalue weighted by molar-refractivity contribution is -0.138. The molecule has 118 valence electrons. The number of hydrogen-bond donors (Lipinski definition) is 1. The van der Waals surface area contributed by atoms with Crippen LogP contribution in [0.3, 0.4) is 0 Å². The molecule has 1 fully saturated rings. The Balaban J connectivity index is 2.16. The smallest absolute Gasteiger partial charge is 0.327 e. The Labute approximate surface area is 121 Å². The maximum absolute atomic E-state index is 13.1. The van der Waals surface area contributed by atoms with Gasteiger partial charge in [0.05, 0.1) is 5.56 Å². The first-order chi connectivity index (χ1) is 9.81. The highest BCUT2D eigenvalue weighted by Gasteiger charge is 2.34. The van der Waals surface area contributed by atoms with Crippen molar-refractivity contribution >= 4 is 0 Å². The molecule has 1 heterocycles. The summed E-state index contributed by atoms with van der Waals surface area (Å²) in [5, 5.41) is 0. The Morgan fingerprint density at radius 2 is 2.05 bits per heavy atom. The second kappa shape index (κ2) is 6.32. The van der Waals surface area contributed by atoms with Crippen LogP contribution in [0.2, 0.25) is 0 Å². The molecule has 1 aromatic carbocycles. The number of rotatable bonds is 3. The lowest BCUT2D eigenvalue weighted by Crippen LogP contribution is -2.46. The lowest BCUT2D eigenvalue weighted by Gasteiger charge is -2.36. The van der Waals surface area contributed by atoms with Crippen LogP contribution in [-0.4, -0.2) is 24.0 Å². The van der Waals surface area contributed by atoms with E-state index in [4.69, 9.17) is 5.73 Å². The van der Waals surface area contributed by atoms with Gasteiger partial charge in [0.1, 0.15) is 5.82 Å². The minimum atomic E-state index is -4.53. The molecule has 0 spiro atoms. The summed E-state index contributed by atoms with van der Waals surface area (Å²) in [7, 11) is 0. The van der Waals surface area contributed by atoms with Gasteiger partial charge in [0.25, 0.3) is 0 Å². The first-order valence-electron chi connectivity index (χ1n) is 7.14. The Morgan fingerprint density at radius 1 is 1.33 bits per heavy atom. The SMILES string of the molecule is CCC1CN(Cc2ccc(F)cc2C(F)(F)F)CCC1N. The molecule has 0 aliphatic carbocycles. The average Bonchev–Trinajstić information content (AvgIpc) is 2.41. The number of nitrogens with two attached hydrogens (primary N) is 1. The van der Waals surface area contributed by atoms with Gasteiger partial charge >= 0.3 is 6.18 Å². The topological polar surface area (TPSA) is 29.3 Å². The van der Waals surface area contributed by atoms with Crippen LogP contribution in [0.25, 0.3) is 0 Å². The van der Waals surface area contributed by atoms with Crippen LogP contribution < -0.4 is 5.73 Å². The summed E-state index contributed by atoms with van der Waals surface area (Å²) in [5.41, 5.74) is 5.24. The van der Waals surface area contributed by atoms with Crippen LogP contribution in [-0.2, 0) is 12.7 Å². The molecule has 2 unspecified atom stereocenters. The molecule has 2 atom stereocenters. The van der Waals surface area contributed by atoms with E-state index in [1.807, 2.05) is 11.8 Å². The molecule has 1 aliphatic heterocycles. The zero-order valence-electron chi connectivity index (χ0n) is 12.0. The largest absolute Gasteiger partial charge is 0.416 e. The van der Waals surface area contributed by atoms with E-state index >= 15 is 0 Å². The van der Waals surface area contributed by atoms with E-state index in [1.165, 1.54) is 6.07 Å². The van der Waals surface area contributed by atoms with Gasteiger partial charge < -0.3 is 5.73 Å². The molecule has 2 N–H and O–H groups in total. The number of halogens is 4. The summed E-state index contributed by atoms with van der Waals surface area (Å²) in [4.78, 5) is 1.97.